The van der Waals surface area contributed by atoms with Crippen molar-refractivity contribution in [3.63, 3.8) is 0 Å². The fraction of sp³-hybridized carbons (Fsp3) is 0.357. The number of allylic oxidation sites excluding steroid dienone is 3. The summed E-state index contributed by atoms with van der Waals surface area (Å²) < 4.78 is 0. The summed E-state index contributed by atoms with van der Waals surface area (Å²) >= 11 is 0. The highest BCUT2D eigenvalue weighted by Crippen LogP contribution is 2.42. The van der Waals surface area contributed by atoms with Gasteiger partial charge in [-0.2, -0.15) is 0 Å². The minimum Gasteiger partial charge on any atom is -0.327 e. The average Bonchev–Trinajstić information content (AvgIpc) is 2.66. The van der Waals surface area contributed by atoms with Crippen molar-refractivity contribution in [2.75, 3.05) is 13.1 Å². The number of rotatable bonds is 2. The molecule has 2 atom stereocenters. The number of hydrogen-bond donors (Lipinski definition) is 1. The van der Waals surface area contributed by atoms with Gasteiger partial charge in [0, 0.05) is 25.3 Å². The summed E-state index contributed by atoms with van der Waals surface area (Å²) in [7, 11) is 0. The summed E-state index contributed by atoms with van der Waals surface area (Å²) in [4.78, 5) is 6.91. The van der Waals surface area contributed by atoms with Crippen molar-refractivity contribution in [1.29, 1.82) is 0 Å². The summed E-state index contributed by atoms with van der Waals surface area (Å²) in [6, 6.07) is 0.170. The first-order valence-electron chi connectivity index (χ1n) is 6.05. The van der Waals surface area contributed by atoms with E-state index in [1.807, 2.05) is 13.1 Å². The van der Waals surface area contributed by atoms with Crippen molar-refractivity contribution in [3.05, 3.63) is 47.7 Å². The van der Waals surface area contributed by atoms with Crippen molar-refractivity contribution < 1.29 is 0 Å². The molecular formula is C14H17N3. The zero-order valence-electron chi connectivity index (χ0n) is 10.0. The molecule has 2 unspecified atom stereocenters. The van der Waals surface area contributed by atoms with Gasteiger partial charge in [-0.05, 0) is 24.6 Å². The standard InChI is InChI=1S/C14H17N3/c1-11(15)10-17-9-6-13-14(17)7-3-2-4-12(14)5-8-16-13/h2-8,11H,9-10,15H2,1H3. The van der Waals surface area contributed by atoms with Crippen molar-refractivity contribution in [3.8, 4) is 0 Å². The van der Waals surface area contributed by atoms with Gasteiger partial charge in [-0.1, -0.05) is 24.3 Å². The molecule has 1 spiro atoms. The lowest BCUT2D eigenvalue weighted by atomic mass is 9.81. The van der Waals surface area contributed by atoms with Gasteiger partial charge in [0.15, 0.2) is 0 Å². The Balaban J connectivity index is 2.04. The van der Waals surface area contributed by atoms with Crippen LogP contribution in [0.2, 0.25) is 0 Å². The molecule has 2 heterocycles. The molecule has 88 valence electrons. The van der Waals surface area contributed by atoms with Crippen LogP contribution in [-0.4, -0.2) is 35.8 Å². The summed E-state index contributed by atoms with van der Waals surface area (Å²) in [6.07, 6.45) is 14.8. The molecule has 2 N–H and O–H groups in total. The zero-order valence-corrected chi connectivity index (χ0v) is 10.0. The molecular weight excluding hydrogens is 210 g/mol. The summed E-state index contributed by atoms with van der Waals surface area (Å²) in [5.74, 6) is 0. The van der Waals surface area contributed by atoms with Crippen molar-refractivity contribution in [2.45, 2.75) is 18.5 Å². The molecule has 0 radical (unpaired) electrons. The van der Waals surface area contributed by atoms with Crippen LogP contribution in [0.1, 0.15) is 6.92 Å². The van der Waals surface area contributed by atoms with Gasteiger partial charge in [0.05, 0.1) is 5.70 Å². The van der Waals surface area contributed by atoms with Crippen LogP contribution in [0, 0.1) is 0 Å². The van der Waals surface area contributed by atoms with E-state index in [0.29, 0.717) is 0 Å². The highest BCUT2D eigenvalue weighted by atomic mass is 15.2. The Bertz CT molecular complexity index is 480. The highest BCUT2D eigenvalue weighted by molar-refractivity contribution is 5.80. The second-order valence-electron chi connectivity index (χ2n) is 4.86. The van der Waals surface area contributed by atoms with Gasteiger partial charge in [-0.25, -0.2) is 0 Å². The monoisotopic (exact) mass is 227 g/mol. The molecule has 17 heavy (non-hydrogen) atoms. The number of dihydropyridines is 1. The first-order chi connectivity index (χ1) is 8.23. The molecule has 3 rings (SSSR count). The molecule has 3 nitrogen and oxygen atoms in total. The Hall–Kier alpha value is -1.45. The van der Waals surface area contributed by atoms with Crippen LogP contribution in [-0.2, 0) is 0 Å². The van der Waals surface area contributed by atoms with E-state index in [1.54, 1.807) is 0 Å². The van der Waals surface area contributed by atoms with E-state index >= 15 is 0 Å². The third-order valence-corrected chi connectivity index (χ3v) is 3.53. The Morgan fingerprint density at radius 3 is 3.24 bits per heavy atom. The van der Waals surface area contributed by atoms with Crippen LogP contribution >= 0.6 is 0 Å². The predicted octanol–water partition coefficient (Wildman–Crippen LogP) is 1.41. The van der Waals surface area contributed by atoms with Crippen LogP contribution in [0.25, 0.3) is 0 Å². The maximum absolute atomic E-state index is 5.95. The van der Waals surface area contributed by atoms with Crippen LogP contribution in [0.15, 0.2) is 52.7 Å². The van der Waals surface area contributed by atoms with Crippen molar-refractivity contribution >= 4 is 6.21 Å². The number of aliphatic imine (C=N–C) groups is 1. The molecule has 3 heteroatoms. The van der Waals surface area contributed by atoms with Gasteiger partial charge >= 0.3 is 0 Å². The summed E-state index contributed by atoms with van der Waals surface area (Å²) in [5, 5.41) is 0. The van der Waals surface area contributed by atoms with Crippen molar-refractivity contribution in [1.82, 2.24) is 4.90 Å². The van der Waals surface area contributed by atoms with Gasteiger partial charge in [0.25, 0.3) is 0 Å². The van der Waals surface area contributed by atoms with Crippen molar-refractivity contribution in [2.24, 2.45) is 10.7 Å². The highest BCUT2D eigenvalue weighted by Gasteiger charge is 2.45. The van der Waals surface area contributed by atoms with Gasteiger partial charge in [-0.3, -0.25) is 9.89 Å². The van der Waals surface area contributed by atoms with Gasteiger partial charge in [0.1, 0.15) is 5.54 Å². The average molecular weight is 227 g/mol. The van der Waals surface area contributed by atoms with E-state index in [4.69, 9.17) is 5.73 Å². The molecule has 0 amide bonds. The SMILES string of the molecule is CC(N)CN1CC=C2N=CC=C3C=CC=CC321. The quantitative estimate of drug-likeness (QED) is 0.775. The van der Waals surface area contributed by atoms with E-state index in [-0.39, 0.29) is 11.6 Å². The molecule has 2 aliphatic heterocycles. The maximum atomic E-state index is 5.95. The Kier molecular flexibility index (Phi) is 2.38. The lowest BCUT2D eigenvalue weighted by Crippen LogP contribution is -2.51. The van der Waals surface area contributed by atoms with Gasteiger partial charge < -0.3 is 5.73 Å². The summed E-state index contributed by atoms with van der Waals surface area (Å²) in [5.41, 5.74) is 8.22. The van der Waals surface area contributed by atoms with E-state index in [9.17, 15) is 0 Å². The minimum absolute atomic E-state index is 0.156. The minimum atomic E-state index is -0.156. The second-order valence-corrected chi connectivity index (χ2v) is 4.86. The van der Waals surface area contributed by atoms with E-state index in [1.165, 1.54) is 5.57 Å². The molecule has 0 bridgehead atoms. The number of nitrogens with two attached hydrogens (primary N) is 1. The Morgan fingerprint density at radius 1 is 1.53 bits per heavy atom. The lowest BCUT2D eigenvalue weighted by Gasteiger charge is -2.41. The Labute approximate surface area is 102 Å². The molecule has 0 saturated carbocycles. The number of nitrogens with zero attached hydrogens (tertiary/aromatic N) is 2. The normalized spacial score (nSPS) is 31.9. The molecule has 0 saturated heterocycles. The predicted molar refractivity (Wildman–Crippen MR) is 70.9 cm³/mol. The van der Waals surface area contributed by atoms with Crippen LogP contribution in [0.3, 0.4) is 0 Å². The topological polar surface area (TPSA) is 41.6 Å². The third-order valence-electron chi connectivity index (χ3n) is 3.53. The van der Waals surface area contributed by atoms with Gasteiger partial charge in [-0.15, -0.1) is 0 Å². The maximum Gasteiger partial charge on any atom is 0.108 e. The molecule has 0 fully saturated rings. The Morgan fingerprint density at radius 2 is 2.41 bits per heavy atom. The first kappa shape index (κ1) is 10.7. The fourth-order valence-electron chi connectivity index (χ4n) is 2.85. The third kappa shape index (κ3) is 1.47. The van der Waals surface area contributed by atoms with E-state index in [0.717, 1.165) is 18.8 Å². The smallest absolute Gasteiger partial charge is 0.108 e. The number of hydrogen-bond acceptors (Lipinski definition) is 3. The van der Waals surface area contributed by atoms with Crippen LogP contribution in [0.4, 0.5) is 0 Å². The van der Waals surface area contributed by atoms with Gasteiger partial charge in [0.2, 0.25) is 0 Å². The molecule has 3 aliphatic rings. The van der Waals surface area contributed by atoms with Crippen LogP contribution in [0.5, 0.6) is 0 Å². The molecule has 0 aromatic rings. The lowest BCUT2D eigenvalue weighted by molar-refractivity contribution is 0.221. The second kappa shape index (κ2) is 3.79. The molecule has 1 aliphatic carbocycles. The molecule has 0 aromatic heterocycles. The zero-order chi connectivity index (χ0) is 11.9. The van der Waals surface area contributed by atoms with E-state index in [2.05, 4.69) is 46.3 Å². The fourth-order valence-corrected chi connectivity index (χ4v) is 2.85. The van der Waals surface area contributed by atoms with Crippen LogP contribution < -0.4 is 5.73 Å². The molecule has 0 aromatic carbocycles. The summed E-state index contributed by atoms with van der Waals surface area (Å²) in [6.45, 7) is 3.85. The first-order valence-corrected chi connectivity index (χ1v) is 6.05. The largest absolute Gasteiger partial charge is 0.327 e. The van der Waals surface area contributed by atoms with E-state index < -0.39 is 0 Å².